The zero-order valence-electron chi connectivity index (χ0n) is 13.9. The molecule has 1 aliphatic rings. The second-order valence-electron chi connectivity index (χ2n) is 6.05. The van der Waals surface area contributed by atoms with Gasteiger partial charge in [-0.25, -0.2) is 12.8 Å². The topological polar surface area (TPSA) is 66.5 Å². The Morgan fingerprint density at radius 2 is 2.00 bits per heavy atom. The Morgan fingerprint density at radius 3 is 2.69 bits per heavy atom. The van der Waals surface area contributed by atoms with Crippen molar-refractivity contribution >= 4 is 38.9 Å². The summed E-state index contributed by atoms with van der Waals surface area (Å²) < 4.78 is 39.0. The Bertz CT molecular complexity index is 934. The lowest BCUT2D eigenvalue weighted by atomic mass is 10.1. The molecule has 1 saturated heterocycles. The first-order valence-corrected chi connectivity index (χ1v) is 10.2. The van der Waals surface area contributed by atoms with Crippen LogP contribution >= 0.6 is 11.6 Å². The molecular weight excluding hydrogens is 379 g/mol. The van der Waals surface area contributed by atoms with Crippen LogP contribution in [0.4, 0.5) is 15.8 Å². The molecule has 2 aromatic rings. The van der Waals surface area contributed by atoms with Crippen LogP contribution in [-0.2, 0) is 21.2 Å². The molecule has 1 heterocycles. The van der Waals surface area contributed by atoms with Crippen LogP contribution in [0.25, 0.3) is 0 Å². The third-order valence-electron chi connectivity index (χ3n) is 4.18. The predicted octanol–water partition coefficient (Wildman–Crippen LogP) is 3.59. The number of sulfonamides is 1. The van der Waals surface area contributed by atoms with Crippen LogP contribution in [0.15, 0.2) is 42.5 Å². The van der Waals surface area contributed by atoms with Gasteiger partial charge in [0, 0.05) is 18.7 Å². The molecule has 8 heteroatoms. The molecule has 0 radical (unpaired) electrons. The summed E-state index contributed by atoms with van der Waals surface area (Å²) in [5.74, 6) is -0.540. The average molecular weight is 397 g/mol. The third kappa shape index (κ3) is 4.16. The zero-order valence-corrected chi connectivity index (χ0v) is 15.5. The Balaban J connectivity index is 1.69. The first-order chi connectivity index (χ1) is 12.4. The van der Waals surface area contributed by atoms with Crippen molar-refractivity contribution in [1.29, 1.82) is 0 Å². The molecule has 1 N–H and O–H groups in total. The molecule has 26 heavy (non-hydrogen) atoms. The number of anilines is 2. The quantitative estimate of drug-likeness (QED) is 0.839. The maximum absolute atomic E-state index is 13.6. The number of rotatable bonds is 5. The SMILES string of the molecule is O=C(CCc1ccccc1F)Nc1ccc(Cl)c(N2CCCS2(=O)=O)c1. The molecule has 138 valence electrons. The van der Waals surface area contributed by atoms with Crippen LogP contribution < -0.4 is 9.62 Å². The van der Waals surface area contributed by atoms with Crippen LogP contribution in [-0.4, -0.2) is 26.6 Å². The molecule has 0 unspecified atom stereocenters. The number of aryl methyl sites for hydroxylation is 1. The Labute approximate surface area is 156 Å². The van der Waals surface area contributed by atoms with E-state index in [4.69, 9.17) is 11.6 Å². The summed E-state index contributed by atoms with van der Waals surface area (Å²) >= 11 is 6.14. The first kappa shape index (κ1) is 18.7. The van der Waals surface area contributed by atoms with E-state index in [-0.39, 0.29) is 30.3 Å². The van der Waals surface area contributed by atoms with Crippen molar-refractivity contribution in [3.63, 3.8) is 0 Å². The highest BCUT2D eigenvalue weighted by Crippen LogP contribution is 2.33. The van der Waals surface area contributed by atoms with E-state index >= 15 is 0 Å². The summed E-state index contributed by atoms with van der Waals surface area (Å²) in [6, 6.07) is 11.0. The van der Waals surface area contributed by atoms with E-state index in [9.17, 15) is 17.6 Å². The fraction of sp³-hybridized carbons (Fsp3) is 0.278. The second kappa shape index (κ2) is 7.63. The van der Waals surface area contributed by atoms with Crippen molar-refractivity contribution in [3.8, 4) is 0 Å². The summed E-state index contributed by atoms with van der Waals surface area (Å²) in [4.78, 5) is 12.1. The Hall–Kier alpha value is -2.12. The van der Waals surface area contributed by atoms with Crippen LogP contribution in [0.2, 0.25) is 5.02 Å². The van der Waals surface area contributed by atoms with Gasteiger partial charge in [0.25, 0.3) is 0 Å². The minimum absolute atomic E-state index is 0.0859. The monoisotopic (exact) mass is 396 g/mol. The molecular formula is C18H18ClFN2O3S. The lowest BCUT2D eigenvalue weighted by molar-refractivity contribution is -0.116. The maximum atomic E-state index is 13.6. The summed E-state index contributed by atoms with van der Waals surface area (Å²) in [5.41, 5.74) is 1.28. The summed E-state index contributed by atoms with van der Waals surface area (Å²) in [6.07, 6.45) is 0.929. The van der Waals surface area contributed by atoms with E-state index < -0.39 is 10.0 Å². The molecule has 2 aromatic carbocycles. The highest BCUT2D eigenvalue weighted by molar-refractivity contribution is 7.93. The Morgan fingerprint density at radius 1 is 1.23 bits per heavy atom. The van der Waals surface area contributed by atoms with Crippen molar-refractivity contribution in [2.45, 2.75) is 19.3 Å². The molecule has 0 aliphatic carbocycles. The van der Waals surface area contributed by atoms with Crippen molar-refractivity contribution < 1.29 is 17.6 Å². The van der Waals surface area contributed by atoms with E-state index in [1.54, 1.807) is 36.4 Å². The van der Waals surface area contributed by atoms with Gasteiger partial charge in [-0.05, 0) is 42.7 Å². The molecule has 1 aliphatic heterocycles. The van der Waals surface area contributed by atoms with Crippen LogP contribution in [0.1, 0.15) is 18.4 Å². The number of nitrogens with zero attached hydrogens (tertiary/aromatic N) is 1. The van der Waals surface area contributed by atoms with Crippen molar-refractivity contribution in [2.75, 3.05) is 21.9 Å². The largest absolute Gasteiger partial charge is 0.326 e. The number of carbonyl (C=O) groups excluding carboxylic acids is 1. The average Bonchev–Trinajstić information content (AvgIpc) is 2.95. The highest BCUT2D eigenvalue weighted by Gasteiger charge is 2.30. The number of nitrogens with one attached hydrogen (secondary N) is 1. The molecule has 0 saturated carbocycles. The molecule has 5 nitrogen and oxygen atoms in total. The molecule has 3 rings (SSSR count). The van der Waals surface area contributed by atoms with Gasteiger partial charge in [0.1, 0.15) is 5.82 Å². The predicted molar refractivity (Wildman–Crippen MR) is 101 cm³/mol. The van der Waals surface area contributed by atoms with E-state index in [0.29, 0.717) is 34.9 Å². The van der Waals surface area contributed by atoms with E-state index in [1.165, 1.54) is 10.4 Å². The number of amides is 1. The van der Waals surface area contributed by atoms with Gasteiger partial charge in [-0.1, -0.05) is 29.8 Å². The fourth-order valence-corrected chi connectivity index (χ4v) is 4.71. The third-order valence-corrected chi connectivity index (χ3v) is 6.35. The van der Waals surface area contributed by atoms with E-state index in [2.05, 4.69) is 5.32 Å². The number of hydrogen-bond donors (Lipinski definition) is 1. The van der Waals surface area contributed by atoms with Crippen molar-refractivity contribution in [2.24, 2.45) is 0 Å². The highest BCUT2D eigenvalue weighted by atomic mass is 35.5. The Kier molecular flexibility index (Phi) is 5.48. The lowest BCUT2D eigenvalue weighted by Crippen LogP contribution is -2.25. The molecule has 0 atom stereocenters. The van der Waals surface area contributed by atoms with Gasteiger partial charge >= 0.3 is 0 Å². The first-order valence-electron chi connectivity index (χ1n) is 8.20. The maximum Gasteiger partial charge on any atom is 0.235 e. The number of carbonyl (C=O) groups is 1. The minimum atomic E-state index is -3.36. The van der Waals surface area contributed by atoms with Gasteiger partial charge in [0.15, 0.2) is 0 Å². The number of hydrogen-bond acceptors (Lipinski definition) is 3. The zero-order chi connectivity index (χ0) is 18.7. The van der Waals surface area contributed by atoms with Gasteiger partial charge in [0.2, 0.25) is 15.9 Å². The summed E-state index contributed by atoms with van der Waals surface area (Å²) in [6.45, 7) is 0.368. The standard InChI is InChI=1S/C18H18ClFN2O3S/c19-15-8-7-14(12-17(15)22-10-3-11-26(22,24)25)21-18(23)9-6-13-4-1-2-5-16(13)20/h1-2,4-5,7-8,12H,3,6,9-11H2,(H,21,23). The minimum Gasteiger partial charge on any atom is -0.326 e. The smallest absolute Gasteiger partial charge is 0.235 e. The van der Waals surface area contributed by atoms with Gasteiger partial charge in [0.05, 0.1) is 16.5 Å². The van der Waals surface area contributed by atoms with Crippen LogP contribution in [0, 0.1) is 5.82 Å². The number of benzene rings is 2. The summed E-state index contributed by atoms with van der Waals surface area (Å²) in [7, 11) is -3.36. The molecule has 1 fully saturated rings. The summed E-state index contributed by atoms with van der Waals surface area (Å²) in [5, 5.41) is 3.01. The van der Waals surface area contributed by atoms with Gasteiger partial charge in [-0.15, -0.1) is 0 Å². The molecule has 1 amide bonds. The van der Waals surface area contributed by atoms with Gasteiger partial charge in [-0.2, -0.15) is 0 Å². The number of halogens is 2. The van der Waals surface area contributed by atoms with Crippen LogP contribution in [0.5, 0.6) is 0 Å². The van der Waals surface area contributed by atoms with Crippen LogP contribution in [0.3, 0.4) is 0 Å². The van der Waals surface area contributed by atoms with Gasteiger partial charge in [-0.3, -0.25) is 9.10 Å². The molecule has 0 spiro atoms. The lowest BCUT2D eigenvalue weighted by Gasteiger charge is -2.19. The fourth-order valence-electron chi connectivity index (χ4n) is 2.86. The molecule has 0 aromatic heterocycles. The second-order valence-corrected chi connectivity index (χ2v) is 8.47. The normalized spacial score (nSPS) is 15.8. The van der Waals surface area contributed by atoms with Crippen molar-refractivity contribution in [3.05, 3.63) is 58.9 Å². The van der Waals surface area contributed by atoms with Crippen molar-refractivity contribution in [1.82, 2.24) is 0 Å². The van der Waals surface area contributed by atoms with E-state index in [1.807, 2.05) is 0 Å². The van der Waals surface area contributed by atoms with Gasteiger partial charge < -0.3 is 5.32 Å². The molecule has 0 bridgehead atoms. The van der Waals surface area contributed by atoms with E-state index in [0.717, 1.165) is 0 Å².